The second-order valence-electron chi connectivity index (χ2n) is 5.55. The lowest BCUT2D eigenvalue weighted by molar-refractivity contribution is -0.0706. The monoisotopic (exact) mass is 312 g/mol. The van der Waals surface area contributed by atoms with Gasteiger partial charge in [0.05, 0.1) is 11.2 Å². The van der Waals surface area contributed by atoms with E-state index in [0.717, 1.165) is 11.5 Å². The average molecular weight is 312 g/mol. The van der Waals surface area contributed by atoms with E-state index in [1.165, 1.54) is 0 Å². The zero-order chi connectivity index (χ0) is 15.0. The maximum absolute atomic E-state index is 10.1. The fourth-order valence-electron chi connectivity index (χ4n) is 1.32. The van der Waals surface area contributed by atoms with E-state index in [2.05, 4.69) is 27.7 Å². The van der Waals surface area contributed by atoms with Crippen molar-refractivity contribution in [3.8, 4) is 0 Å². The van der Waals surface area contributed by atoms with Crippen molar-refractivity contribution in [1.29, 1.82) is 0 Å². The van der Waals surface area contributed by atoms with Gasteiger partial charge in [0.1, 0.15) is 18.3 Å². The van der Waals surface area contributed by atoms with E-state index in [9.17, 15) is 15.3 Å². The molecule has 6 heteroatoms. The Hall–Kier alpha value is 0.540. The van der Waals surface area contributed by atoms with Gasteiger partial charge in [-0.3, -0.25) is 0 Å². The maximum Gasteiger partial charge on any atom is 0.110 e. The van der Waals surface area contributed by atoms with E-state index in [1.807, 2.05) is 0 Å². The summed E-state index contributed by atoms with van der Waals surface area (Å²) < 4.78 is -0.194. The van der Waals surface area contributed by atoms with Gasteiger partial charge in [-0.15, -0.1) is 23.5 Å². The molecule has 0 aromatic carbocycles. The van der Waals surface area contributed by atoms with Crippen molar-refractivity contribution < 1.29 is 20.4 Å². The highest BCUT2D eigenvalue weighted by atomic mass is 32.2. The first kappa shape index (κ1) is 19.5. The third kappa shape index (κ3) is 8.42. The SMILES string of the molecule is CC(C)CSC(SCC(C)C)[C@@H](O)[C@H](O)[C@H](O)CO. The fraction of sp³-hybridized carbons (Fsp3) is 1.00. The second-order valence-corrected chi connectivity index (χ2v) is 8.20. The molecule has 4 nitrogen and oxygen atoms in total. The minimum absolute atomic E-state index is 0.194. The molecular formula is C13H28O4S2. The molecule has 0 unspecified atom stereocenters. The maximum atomic E-state index is 10.1. The van der Waals surface area contributed by atoms with Gasteiger partial charge in [0.2, 0.25) is 0 Å². The van der Waals surface area contributed by atoms with Crippen molar-refractivity contribution in [2.24, 2.45) is 11.8 Å². The van der Waals surface area contributed by atoms with Crippen LogP contribution in [0.25, 0.3) is 0 Å². The van der Waals surface area contributed by atoms with E-state index >= 15 is 0 Å². The van der Waals surface area contributed by atoms with Gasteiger partial charge < -0.3 is 20.4 Å². The Bertz CT molecular complexity index is 215. The van der Waals surface area contributed by atoms with Crippen LogP contribution in [0.1, 0.15) is 27.7 Å². The van der Waals surface area contributed by atoms with Gasteiger partial charge in [0.25, 0.3) is 0 Å². The number of rotatable bonds is 10. The van der Waals surface area contributed by atoms with Crippen molar-refractivity contribution >= 4 is 23.5 Å². The summed E-state index contributed by atoms with van der Waals surface area (Å²) in [6.07, 6.45) is -3.65. The molecule has 0 aliphatic rings. The van der Waals surface area contributed by atoms with Crippen LogP contribution in [0.4, 0.5) is 0 Å². The van der Waals surface area contributed by atoms with Crippen LogP contribution in [0.2, 0.25) is 0 Å². The third-order valence-corrected chi connectivity index (χ3v) is 6.15. The number of thioether (sulfide) groups is 2. The molecule has 0 radical (unpaired) electrons. The highest BCUT2D eigenvalue weighted by Crippen LogP contribution is 2.31. The number of hydrogen-bond acceptors (Lipinski definition) is 6. The smallest absolute Gasteiger partial charge is 0.110 e. The highest BCUT2D eigenvalue weighted by Gasteiger charge is 2.31. The molecule has 116 valence electrons. The van der Waals surface area contributed by atoms with Crippen LogP contribution < -0.4 is 0 Å². The van der Waals surface area contributed by atoms with Crippen molar-refractivity contribution in [3.63, 3.8) is 0 Å². The molecule has 0 bridgehead atoms. The van der Waals surface area contributed by atoms with Crippen LogP contribution in [0.3, 0.4) is 0 Å². The van der Waals surface area contributed by atoms with E-state index in [4.69, 9.17) is 5.11 Å². The Kier molecular flexibility index (Phi) is 10.6. The van der Waals surface area contributed by atoms with Crippen LogP contribution in [0.15, 0.2) is 0 Å². The van der Waals surface area contributed by atoms with Crippen LogP contribution in [-0.2, 0) is 0 Å². The van der Waals surface area contributed by atoms with Crippen LogP contribution in [0.5, 0.6) is 0 Å². The summed E-state index contributed by atoms with van der Waals surface area (Å²) in [6.45, 7) is 7.85. The Labute approximate surface area is 125 Å². The summed E-state index contributed by atoms with van der Waals surface area (Å²) >= 11 is 3.19. The molecule has 0 amide bonds. The molecule has 0 heterocycles. The Morgan fingerprint density at radius 2 is 1.21 bits per heavy atom. The molecule has 0 rings (SSSR count). The van der Waals surface area contributed by atoms with Gasteiger partial charge in [0, 0.05) is 0 Å². The Morgan fingerprint density at radius 1 is 0.789 bits per heavy atom. The molecule has 19 heavy (non-hydrogen) atoms. The normalized spacial score (nSPS) is 17.2. The first-order chi connectivity index (χ1) is 8.79. The molecule has 0 saturated carbocycles. The highest BCUT2D eigenvalue weighted by molar-refractivity contribution is 8.17. The summed E-state index contributed by atoms with van der Waals surface area (Å²) in [5.74, 6) is 2.77. The van der Waals surface area contributed by atoms with Crippen molar-refractivity contribution in [2.75, 3.05) is 18.1 Å². The Balaban J connectivity index is 4.51. The number of hydrogen-bond donors (Lipinski definition) is 4. The lowest BCUT2D eigenvalue weighted by Gasteiger charge is -2.29. The molecule has 0 aromatic heterocycles. The first-order valence-electron chi connectivity index (χ1n) is 6.67. The minimum Gasteiger partial charge on any atom is -0.394 e. The Morgan fingerprint density at radius 3 is 1.53 bits per heavy atom. The average Bonchev–Trinajstić information content (AvgIpc) is 2.35. The van der Waals surface area contributed by atoms with E-state index in [-0.39, 0.29) is 4.58 Å². The molecule has 4 N–H and O–H groups in total. The summed E-state index contributed by atoms with van der Waals surface area (Å²) in [4.78, 5) is 0. The molecule has 0 aromatic rings. The van der Waals surface area contributed by atoms with Crippen molar-refractivity contribution in [3.05, 3.63) is 0 Å². The van der Waals surface area contributed by atoms with Crippen LogP contribution >= 0.6 is 23.5 Å². The van der Waals surface area contributed by atoms with Gasteiger partial charge in [0.15, 0.2) is 0 Å². The molecule has 3 atom stereocenters. The summed E-state index contributed by atoms with van der Waals surface area (Å²) in [5, 5.41) is 38.2. The van der Waals surface area contributed by atoms with Gasteiger partial charge >= 0.3 is 0 Å². The van der Waals surface area contributed by atoms with Crippen molar-refractivity contribution in [1.82, 2.24) is 0 Å². The van der Waals surface area contributed by atoms with Crippen LogP contribution in [-0.4, -0.2) is 61.4 Å². The number of aliphatic hydroxyl groups excluding tert-OH is 4. The van der Waals surface area contributed by atoms with Gasteiger partial charge in [-0.05, 0) is 23.3 Å². The van der Waals surface area contributed by atoms with Gasteiger partial charge in [-0.25, -0.2) is 0 Å². The van der Waals surface area contributed by atoms with E-state index in [0.29, 0.717) is 11.8 Å². The quantitative estimate of drug-likeness (QED) is 0.453. The number of aliphatic hydroxyl groups is 4. The summed E-state index contributed by atoms with van der Waals surface area (Å²) in [7, 11) is 0. The molecular weight excluding hydrogens is 284 g/mol. The molecule has 0 saturated heterocycles. The zero-order valence-corrected chi connectivity index (χ0v) is 13.8. The molecule has 0 aliphatic carbocycles. The molecule has 0 fully saturated rings. The zero-order valence-electron chi connectivity index (χ0n) is 12.2. The lowest BCUT2D eigenvalue weighted by atomic mass is 10.1. The van der Waals surface area contributed by atoms with Crippen molar-refractivity contribution in [2.45, 2.75) is 50.6 Å². The fourth-order valence-corrected chi connectivity index (χ4v) is 4.04. The van der Waals surface area contributed by atoms with Gasteiger partial charge in [-0.2, -0.15) is 0 Å². The predicted octanol–water partition coefficient (Wildman–Crippen LogP) is 1.17. The summed E-state index contributed by atoms with van der Waals surface area (Å²) in [6, 6.07) is 0. The van der Waals surface area contributed by atoms with E-state index < -0.39 is 24.9 Å². The largest absolute Gasteiger partial charge is 0.394 e. The molecule has 0 aliphatic heterocycles. The predicted molar refractivity (Wildman–Crippen MR) is 83.5 cm³/mol. The molecule has 0 spiro atoms. The van der Waals surface area contributed by atoms with E-state index in [1.54, 1.807) is 23.5 Å². The summed E-state index contributed by atoms with van der Waals surface area (Å²) in [5.41, 5.74) is 0. The standard InChI is InChI=1S/C13H28O4S2/c1-8(2)6-18-13(19-7-9(3)4)12(17)11(16)10(15)5-14/h8-17H,5-7H2,1-4H3/t10-,11-,12+/m1/s1. The topological polar surface area (TPSA) is 80.9 Å². The third-order valence-electron chi connectivity index (χ3n) is 2.40. The van der Waals surface area contributed by atoms with Gasteiger partial charge in [-0.1, -0.05) is 27.7 Å². The first-order valence-corrected chi connectivity index (χ1v) is 8.77. The van der Waals surface area contributed by atoms with Crippen LogP contribution in [0, 0.1) is 11.8 Å². The second kappa shape index (κ2) is 10.3. The minimum atomic E-state index is -1.31. The lowest BCUT2D eigenvalue weighted by Crippen LogP contribution is -2.44.